The molecule has 20 heavy (non-hydrogen) atoms. The molecule has 0 aliphatic carbocycles. The van der Waals surface area contributed by atoms with Crippen molar-refractivity contribution in [1.82, 2.24) is 5.32 Å². The summed E-state index contributed by atoms with van der Waals surface area (Å²) in [5.41, 5.74) is -1.39. The number of aliphatic carboxylic acids is 1. The average Bonchev–Trinajstić information content (AvgIpc) is 2.09. The van der Waals surface area contributed by atoms with Crippen LogP contribution in [0.4, 0.5) is 4.79 Å². The SMILES string of the molecule is CC(C)(C)OC(=O)NC(CC(=[OH+])OC(C)(C)C)C(=O)O. The number of nitrogens with one attached hydrogen (secondary N) is 1. The Labute approximate surface area is 118 Å². The van der Waals surface area contributed by atoms with Crippen LogP contribution in [0.25, 0.3) is 0 Å². The Morgan fingerprint density at radius 2 is 1.55 bits per heavy atom. The summed E-state index contributed by atoms with van der Waals surface area (Å²) in [5, 5.41) is 11.2. The van der Waals surface area contributed by atoms with E-state index in [1.165, 1.54) is 0 Å². The number of carbonyl (C=O) groups is 2. The fourth-order valence-corrected chi connectivity index (χ4v) is 1.22. The second kappa shape index (κ2) is 6.58. The quantitative estimate of drug-likeness (QED) is 0.605. The normalized spacial score (nSPS) is 13.3. The largest absolute Gasteiger partial charge is 0.485 e. The average molecular weight is 290 g/mol. The van der Waals surface area contributed by atoms with Gasteiger partial charge < -0.3 is 24.7 Å². The molecule has 116 valence electrons. The monoisotopic (exact) mass is 290 g/mol. The molecule has 0 aromatic heterocycles. The first-order valence-electron chi connectivity index (χ1n) is 6.26. The maximum atomic E-state index is 11.5. The topological polar surface area (TPSA) is 106 Å². The predicted molar refractivity (Wildman–Crippen MR) is 73.2 cm³/mol. The van der Waals surface area contributed by atoms with E-state index in [2.05, 4.69) is 5.32 Å². The van der Waals surface area contributed by atoms with Gasteiger partial charge in [-0.05, 0) is 20.8 Å². The lowest BCUT2D eigenvalue weighted by atomic mass is 10.1. The Morgan fingerprint density at radius 1 is 1.10 bits per heavy atom. The number of rotatable bonds is 4. The second-order valence-corrected chi connectivity index (χ2v) is 6.35. The van der Waals surface area contributed by atoms with Crippen LogP contribution < -0.4 is 5.32 Å². The van der Waals surface area contributed by atoms with E-state index in [9.17, 15) is 14.4 Å². The fraction of sp³-hybridized carbons (Fsp3) is 0.769. The predicted octanol–water partition coefficient (Wildman–Crippen LogP) is 1.67. The van der Waals surface area contributed by atoms with E-state index in [1.54, 1.807) is 41.5 Å². The van der Waals surface area contributed by atoms with Gasteiger partial charge in [-0.3, -0.25) is 0 Å². The lowest BCUT2D eigenvalue weighted by molar-refractivity contribution is -0.139. The van der Waals surface area contributed by atoms with Crippen LogP contribution in [-0.2, 0) is 14.3 Å². The van der Waals surface area contributed by atoms with E-state index in [-0.39, 0.29) is 6.42 Å². The number of amides is 1. The molecular formula is C13H24NO6+. The third-order valence-corrected chi connectivity index (χ3v) is 1.79. The van der Waals surface area contributed by atoms with Gasteiger partial charge in [-0.15, -0.1) is 0 Å². The molecule has 1 atom stereocenters. The Balaban J connectivity index is 4.56. The first kappa shape index (κ1) is 18.2. The molecule has 0 saturated carbocycles. The van der Waals surface area contributed by atoms with Crippen molar-refractivity contribution in [3.05, 3.63) is 0 Å². The van der Waals surface area contributed by atoms with Crippen LogP contribution in [0.1, 0.15) is 48.0 Å². The molecular weight excluding hydrogens is 266 g/mol. The highest BCUT2D eigenvalue weighted by molar-refractivity contribution is 5.85. The number of carboxylic acids is 1. The minimum atomic E-state index is -1.33. The van der Waals surface area contributed by atoms with Gasteiger partial charge >= 0.3 is 18.0 Å². The number of carboxylic acid groups (broad SMARTS) is 1. The first-order chi connectivity index (χ1) is 8.80. The highest BCUT2D eigenvalue weighted by atomic mass is 16.6. The van der Waals surface area contributed by atoms with Gasteiger partial charge in [0.1, 0.15) is 18.1 Å². The number of alkyl carbamates (subject to hydrolysis) is 1. The van der Waals surface area contributed by atoms with Gasteiger partial charge in [0.15, 0.2) is 5.60 Å². The van der Waals surface area contributed by atoms with Crippen LogP contribution in [0.15, 0.2) is 0 Å². The van der Waals surface area contributed by atoms with Crippen molar-refractivity contribution in [2.24, 2.45) is 0 Å². The van der Waals surface area contributed by atoms with E-state index in [0.717, 1.165) is 0 Å². The van der Waals surface area contributed by atoms with Crippen molar-refractivity contribution in [3.8, 4) is 0 Å². The van der Waals surface area contributed by atoms with Gasteiger partial charge in [-0.2, -0.15) is 0 Å². The van der Waals surface area contributed by atoms with Gasteiger partial charge in [0.2, 0.25) is 0 Å². The standard InChI is InChI=1S/C13H23NO6/c1-12(2,3)19-9(15)7-8(10(16)17)14-11(18)20-13(4,5)6/h8H,7H2,1-6H3,(H,14,18)(H,16,17)/p+1. The summed E-state index contributed by atoms with van der Waals surface area (Å²) in [6, 6.07) is -1.33. The Kier molecular flexibility index (Phi) is 5.99. The van der Waals surface area contributed by atoms with Crippen LogP contribution in [0, 0.1) is 0 Å². The lowest BCUT2D eigenvalue weighted by Crippen LogP contribution is -2.45. The van der Waals surface area contributed by atoms with Crippen molar-refractivity contribution in [3.63, 3.8) is 0 Å². The van der Waals surface area contributed by atoms with Crippen molar-refractivity contribution >= 4 is 18.0 Å². The smallest absolute Gasteiger partial charge is 0.480 e. The molecule has 0 rings (SSSR count). The summed E-state index contributed by atoms with van der Waals surface area (Å²) in [7, 11) is 0. The van der Waals surface area contributed by atoms with Gasteiger partial charge in [0, 0.05) is 20.8 Å². The summed E-state index contributed by atoms with van der Waals surface area (Å²) in [6.07, 6.45) is -1.22. The van der Waals surface area contributed by atoms with Gasteiger partial charge in [-0.25, -0.2) is 9.59 Å². The maximum Gasteiger partial charge on any atom is 0.485 e. The molecule has 1 amide bonds. The Hall–Kier alpha value is -1.79. The maximum absolute atomic E-state index is 11.5. The molecule has 0 bridgehead atoms. The van der Waals surface area contributed by atoms with E-state index in [1.807, 2.05) is 0 Å². The molecule has 0 aliphatic heterocycles. The highest BCUT2D eigenvalue weighted by Gasteiger charge is 2.33. The zero-order chi connectivity index (χ0) is 16.1. The molecule has 0 radical (unpaired) electrons. The minimum Gasteiger partial charge on any atom is -0.480 e. The van der Waals surface area contributed by atoms with E-state index >= 15 is 0 Å². The van der Waals surface area contributed by atoms with Crippen LogP contribution in [0.3, 0.4) is 0 Å². The van der Waals surface area contributed by atoms with Crippen LogP contribution in [-0.4, -0.2) is 45.2 Å². The number of hydrogen-bond donors (Lipinski definition) is 2. The number of carbonyl (C=O) groups excluding carboxylic acids is 2. The molecule has 1 unspecified atom stereocenters. The van der Waals surface area contributed by atoms with Crippen LogP contribution in [0.5, 0.6) is 0 Å². The molecule has 0 aromatic rings. The number of ether oxygens (including phenoxy) is 2. The number of esters is 1. The van der Waals surface area contributed by atoms with E-state index in [0.29, 0.717) is 0 Å². The lowest BCUT2D eigenvalue weighted by Gasteiger charge is -2.21. The van der Waals surface area contributed by atoms with Crippen molar-refractivity contribution in [1.29, 1.82) is 0 Å². The summed E-state index contributed by atoms with van der Waals surface area (Å²) in [6.45, 7) is 10.1. The summed E-state index contributed by atoms with van der Waals surface area (Å²) < 4.78 is 10.1. The van der Waals surface area contributed by atoms with Crippen molar-refractivity contribution < 1.29 is 29.0 Å². The Bertz CT molecular complexity index is 347. The second-order valence-electron chi connectivity index (χ2n) is 6.35. The molecule has 7 nitrogen and oxygen atoms in total. The summed E-state index contributed by atoms with van der Waals surface area (Å²) >= 11 is 0. The molecule has 0 aromatic carbocycles. The van der Waals surface area contributed by atoms with Crippen molar-refractivity contribution in [2.45, 2.75) is 65.2 Å². The van der Waals surface area contributed by atoms with Gasteiger partial charge in [-0.1, -0.05) is 0 Å². The molecule has 0 saturated heterocycles. The molecule has 3 N–H and O–H groups in total. The molecule has 0 aliphatic rings. The zero-order valence-electron chi connectivity index (χ0n) is 12.8. The number of hydrogen-bond acceptors (Lipinski definition) is 4. The molecule has 0 heterocycles. The van der Waals surface area contributed by atoms with Gasteiger partial charge in [0.05, 0.1) is 0 Å². The van der Waals surface area contributed by atoms with Crippen LogP contribution in [0.2, 0.25) is 0 Å². The zero-order valence-corrected chi connectivity index (χ0v) is 12.8. The van der Waals surface area contributed by atoms with Crippen molar-refractivity contribution in [2.75, 3.05) is 0 Å². The van der Waals surface area contributed by atoms with E-state index in [4.69, 9.17) is 14.6 Å². The van der Waals surface area contributed by atoms with E-state index < -0.39 is 35.3 Å². The molecule has 0 fully saturated rings. The minimum absolute atomic E-state index is 0.355. The fourth-order valence-electron chi connectivity index (χ4n) is 1.22. The summed E-state index contributed by atoms with van der Waals surface area (Å²) in [4.78, 5) is 32.2. The molecule has 0 spiro atoms. The first-order valence-corrected chi connectivity index (χ1v) is 6.26. The molecule has 7 heteroatoms. The third kappa shape index (κ3) is 9.18. The third-order valence-electron chi connectivity index (χ3n) is 1.79. The van der Waals surface area contributed by atoms with Gasteiger partial charge in [0.25, 0.3) is 0 Å². The highest BCUT2D eigenvalue weighted by Crippen LogP contribution is 2.10. The summed E-state index contributed by atoms with van der Waals surface area (Å²) in [5.74, 6) is -1.75. The Morgan fingerprint density at radius 3 is 1.90 bits per heavy atom. The van der Waals surface area contributed by atoms with Crippen LogP contribution >= 0.6 is 0 Å².